The number of nitrogens with zero attached hydrogens (tertiary/aromatic N) is 2. The van der Waals surface area contributed by atoms with Crippen LogP contribution in [0.1, 0.15) is 63.2 Å². The molecule has 5 rings (SSSR count). The molecule has 1 aromatic rings. The van der Waals surface area contributed by atoms with Crippen LogP contribution in [0.4, 0.5) is 0 Å². The van der Waals surface area contributed by atoms with Crippen molar-refractivity contribution in [2.75, 3.05) is 26.2 Å². The van der Waals surface area contributed by atoms with E-state index in [1.54, 1.807) is 23.5 Å². The number of amides is 1. The molecule has 2 N–H and O–H groups in total. The van der Waals surface area contributed by atoms with Gasteiger partial charge in [0.25, 0.3) is 5.91 Å². The first-order valence-electron chi connectivity index (χ1n) is 11.2. The molecule has 6 nitrogen and oxygen atoms in total. The van der Waals surface area contributed by atoms with E-state index in [0.29, 0.717) is 35.5 Å². The van der Waals surface area contributed by atoms with Crippen LogP contribution in [0.25, 0.3) is 0 Å². The molecular formula is C23H34N4O2. The number of rotatable bonds is 5. The van der Waals surface area contributed by atoms with Crippen LogP contribution < -0.4 is 5.32 Å². The zero-order valence-corrected chi connectivity index (χ0v) is 18.0. The lowest BCUT2D eigenvalue weighted by Gasteiger charge is -2.37. The van der Waals surface area contributed by atoms with Gasteiger partial charge in [-0.2, -0.15) is 5.10 Å². The summed E-state index contributed by atoms with van der Waals surface area (Å²) in [5.74, 6) is 0.896. The Bertz CT molecular complexity index is 815. The number of hydrogen-bond donors (Lipinski definition) is 2. The van der Waals surface area contributed by atoms with Crippen LogP contribution in [-0.2, 0) is 4.74 Å². The van der Waals surface area contributed by atoms with E-state index >= 15 is 0 Å². The molecule has 3 fully saturated rings. The largest absolute Gasteiger partial charge is 0.370 e. The first-order chi connectivity index (χ1) is 13.9. The number of aromatic nitrogens is 2. The standard InChI is InChI=1S/C23H34N4O2/c1-15-5-4-7-22(2,3)18(15)12-27-13-19-17(20-6-8-23(19,14-27)29-20)11-24-21(28)16-9-25-26-10-16/h9-10,17,19-20H,4-8,11-14H2,1-3H3,(H,24,28)(H,25,26)/t17-,19+,20+,23+/m0/s1. The normalized spacial score (nSPS) is 35.9. The maximum Gasteiger partial charge on any atom is 0.254 e. The zero-order valence-electron chi connectivity index (χ0n) is 18.0. The minimum absolute atomic E-state index is 0.0168. The summed E-state index contributed by atoms with van der Waals surface area (Å²) in [6.07, 6.45) is 9.69. The molecule has 4 aliphatic rings. The quantitative estimate of drug-likeness (QED) is 0.748. The van der Waals surface area contributed by atoms with Crippen LogP contribution in [-0.4, -0.2) is 58.9 Å². The molecule has 0 aromatic carbocycles. The molecule has 2 bridgehead atoms. The van der Waals surface area contributed by atoms with Gasteiger partial charge in [-0.1, -0.05) is 25.0 Å². The Morgan fingerprint density at radius 3 is 3.03 bits per heavy atom. The molecule has 0 unspecified atom stereocenters. The molecule has 1 aliphatic carbocycles. The van der Waals surface area contributed by atoms with Crippen molar-refractivity contribution in [2.24, 2.45) is 17.3 Å². The maximum atomic E-state index is 12.4. The second kappa shape index (κ2) is 6.95. The second-order valence-electron chi connectivity index (χ2n) is 10.4. The van der Waals surface area contributed by atoms with Crippen LogP contribution in [0.5, 0.6) is 0 Å². The highest BCUT2D eigenvalue weighted by Crippen LogP contribution is 2.55. The number of aromatic amines is 1. The van der Waals surface area contributed by atoms with Gasteiger partial charge in [0.2, 0.25) is 0 Å². The zero-order chi connectivity index (χ0) is 20.2. The molecular weight excluding hydrogens is 364 g/mol. The van der Waals surface area contributed by atoms with Gasteiger partial charge < -0.3 is 10.1 Å². The van der Waals surface area contributed by atoms with Crippen LogP contribution in [0, 0.1) is 17.3 Å². The van der Waals surface area contributed by atoms with Crippen LogP contribution in [0.2, 0.25) is 0 Å². The summed E-state index contributed by atoms with van der Waals surface area (Å²) < 4.78 is 6.59. The Labute approximate surface area is 173 Å². The van der Waals surface area contributed by atoms with Gasteiger partial charge in [0.1, 0.15) is 0 Å². The van der Waals surface area contributed by atoms with Crippen molar-refractivity contribution in [3.63, 3.8) is 0 Å². The van der Waals surface area contributed by atoms with Crippen LogP contribution in [0.15, 0.2) is 23.5 Å². The fourth-order valence-corrected chi connectivity index (χ4v) is 6.62. The van der Waals surface area contributed by atoms with Crippen LogP contribution >= 0.6 is 0 Å². The summed E-state index contributed by atoms with van der Waals surface area (Å²) >= 11 is 0. The summed E-state index contributed by atoms with van der Waals surface area (Å²) in [6.45, 7) is 11.1. The van der Waals surface area contributed by atoms with Crippen molar-refractivity contribution in [1.82, 2.24) is 20.4 Å². The molecule has 3 aliphatic heterocycles. The molecule has 29 heavy (non-hydrogen) atoms. The maximum absolute atomic E-state index is 12.4. The van der Waals surface area contributed by atoms with E-state index in [0.717, 1.165) is 26.1 Å². The van der Waals surface area contributed by atoms with Crippen molar-refractivity contribution in [3.05, 3.63) is 29.1 Å². The van der Waals surface area contributed by atoms with Crippen molar-refractivity contribution >= 4 is 5.91 Å². The molecule has 1 spiro atoms. The number of nitrogens with one attached hydrogen (secondary N) is 2. The molecule has 4 heterocycles. The topological polar surface area (TPSA) is 70.2 Å². The predicted octanol–water partition coefficient (Wildman–Crippen LogP) is 3.15. The summed E-state index contributed by atoms with van der Waals surface area (Å²) in [4.78, 5) is 15.0. The number of carbonyl (C=O) groups is 1. The molecule has 6 heteroatoms. The van der Waals surface area contributed by atoms with E-state index in [1.165, 1.54) is 25.7 Å². The SMILES string of the molecule is CC1=C(CN2C[C@@H]3[C@H](CNC(=O)c4cn[nH]c4)[C@H]4CC[C@]3(C2)O4)C(C)(C)CCC1. The third-order valence-corrected chi connectivity index (χ3v) is 8.18. The summed E-state index contributed by atoms with van der Waals surface area (Å²) in [7, 11) is 0. The minimum atomic E-state index is -0.0461. The monoisotopic (exact) mass is 398 g/mol. The Morgan fingerprint density at radius 2 is 2.28 bits per heavy atom. The number of likely N-dealkylation sites (tertiary alicyclic amines) is 1. The fourth-order valence-electron chi connectivity index (χ4n) is 6.62. The van der Waals surface area contributed by atoms with E-state index in [2.05, 4.69) is 41.2 Å². The average Bonchev–Trinajstić information content (AvgIpc) is 3.43. The highest BCUT2D eigenvalue weighted by Gasteiger charge is 2.62. The summed E-state index contributed by atoms with van der Waals surface area (Å²) in [5, 5.41) is 9.72. The highest BCUT2D eigenvalue weighted by atomic mass is 16.5. The molecule has 0 radical (unpaired) electrons. The number of hydrogen-bond acceptors (Lipinski definition) is 4. The van der Waals surface area contributed by atoms with Gasteiger partial charge in [-0.3, -0.25) is 14.8 Å². The second-order valence-corrected chi connectivity index (χ2v) is 10.4. The van der Waals surface area contributed by atoms with Gasteiger partial charge in [-0.05, 0) is 44.4 Å². The Kier molecular flexibility index (Phi) is 4.63. The third-order valence-electron chi connectivity index (χ3n) is 8.18. The first-order valence-corrected chi connectivity index (χ1v) is 11.2. The fraction of sp³-hybridized carbons (Fsp3) is 0.739. The number of allylic oxidation sites excluding steroid dienone is 1. The van der Waals surface area contributed by atoms with Gasteiger partial charge in [-0.15, -0.1) is 0 Å². The lowest BCUT2D eigenvalue weighted by atomic mass is 9.72. The van der Waals surface area contributed by atoms with Gasteiger partial charge in [0, 0.05) is 44.2 Å². The van der Waals surface area contributed by atoms with E-state index in [4.69, 9.17) is 4.74 Å². The van der Waals surface area contributed by atoms with Crippen molar-refractivity contribution in [1.29, 1.82) is 0 Å². The first kappa shape index (κ1) is 19.3. The van der Waals surface area contributed by atoms with Gasteiger partial charge in [-0.25, -0.2) is 0 Å². The molecule has 1 amide bonds. The Balaban J connectivity index is 1.27. The number of fused-ring (bicyclic) bond motifs is 1. The van der Waals surface area contributed by atoms with Crippen molar-refractivity contribution in [2.45, 2.75) is 64.6 Å². The number of carbonyl (C=O) groups excluding carboxylic acids is 1. The molecule has 158 valence electrons. The van der Waals surface area contributed by atoms with Gasteiger partial charge in [0.15, 0.2) is 0 Å². The molecule has 4 atom stereocenters. The number of ether oxygens (including phenoxy) is 1. The van der Waals surface area contributed by atoms with Crippen LogP contribution in [0.3, 0.4) is 0 Å². The predicted molar refractivity (Wildman–Crippen MR) is 112 cm³/mol. The van der Waals surface area contributed by atoms with Gasteiger partial charge >= 0.3 is 0 Å². The molecule has 1 aromatic heterocycles. The number of H-pyrrole nitrogens is 1. The summed E-state index contributed by atoms with van der Waals surface area (Å²) in [6, 6.07) is 0. The summed E-state index contributed by atoms with van der Waals surface area (Å²) in [5.41, 5.74) is 4.18. The molecule has 0 saturated carbocycles. The highest BCUT2D eigenvalue weighted by molar-refractivity contribution is 5.93. The van der Waals surface area contributed by atoms with E-state index < -0.39 is 0 Å². The Hall–Kier alpha value is -1.66. The minimum Gasteiger partial charge on any atom is -0.370 e. The lowest BCUT2D eigenvalue weighted by molar-refractivity contribution is 0.00308. The average molecular weight is 399 g/mol. The molecule has 3 saturated heterocycles. The van der Waals surface area contributed by atoms with E-state index in [1.807, 2.05) is 0 Å². The van der Waals surface area contributed by atoms with Crippen molar-refractivity contribution < 1.29 is 9.53 Å². The Morgan fingerprint density at radius 1 is 1.41 bits per heavy atom. The third kappa shape index (κ3) is 3.25. The lowest BCUT2D eigenvalue weighted by Crippen LogP contribution is -2.41. The van der Waals surface area contributed by atoms with Gasteiger partial charge in [0.05, 0.1) is 23.5 Å². The van der Waals surface area contributed by atoms with Crippen molar-refractivity contribution in [3.8, 4) is 0 Å². The van der Waals surface area contributed by atoms with E-state index in [-0.39, 0.29) is 11.5 Å². The van der Waals surface area contributed by atoms with E-state index in [9.17, 15) is 4.79 Å². The smallest absolute Gasteiger partial charge is 0.254 e.